The Morgan fingerprint density at radius 1 is 1.55 bits per heavy atom. The van der Waals surface area contributed by atoms with Crippen molar-refractivity contribution in [2.75, 3.05) is 6.26 Å². The standard InChI is InChI=1S/C7H10N2OS/c1-11-7-8-6(10-9-7)5-3-2-4-5/h5H,2-4H2,1H3. The maximum absolute atomic E-state index is 5.08. The highest BCUT2D eigenvalue weighted by atomic mass is 32.2. The lowest BCUT2D eigenvalue weighted by Crippen LogP contribution is -2.08. The molecule has 1 aromatic heterocycles. The van der Waals surface area contributed by atoms with Crippen molar-refractivity contribution in [3.05, 3.63) is 5.89 Å². The fraction of sp³-hybridized carbons (Fsp3) is 0.714. The van der Waals surface area contributed by atoms with Crippen molar-refractivity contribution >= 4 is 11.8 Å². The Kier molecular flexibility index (Phi) is 1.85. The molecule has 0 amide bonds. The van der Waals surface area contributed by atoms with E-state index in [2.05, 4.69) is 10.1 Å². The highest BCUT2D eigenvalue weighted by Gasteiger charge is 2.24. The third-order valence-corrected chi connectivity index (χ3v) is 2.59. The monoisotopic (exact) mass is 170 g/mol. The first kappa shape index (κ1) is 7.16. The van der Waals surface area contributed by atoms with E-state index in [1.807, 2.05) is 6.26 Å². The zero-order valence-electron chi connectivity index (χ0n) is 6.41. The van der Waals surface area contributed by atoms with Gasteiger partial charge in [0, 0.05) is 5.92 Å². The van der Waals surface area contributed by atoms with Gasteiger partial charge in [-0.05, 0) is 19.1 Å². The first-order valence-corrected chi connectivity index (χ1v) is 5.00. The summed E-state index contributed by atoms with van der Waals surface area (Å²) in [6.07, 6.45) is 5.70. The molecule has 0 bridgehead atoms. The third kappa shape index (κ3) is 1.27. The summed E-state index contributed by atoms with van der Waals surface area (Å²) in [5.41, 5.74) is 0. The maximum atomic E-state index is 5.08. The number of rotatable bonds is 2. The van der Waals surface area contributed by atoms with E-state index in [1.165, 1.54) is 31.0 Å². The highest BCUT2D eigenvalue weighted by Crippen LogP contribution is 2.35. The molecule has 0 atom stereocenters. The lowest BCUT2D eigenvalue weighted by molar-refractivity contribution is 0.289. The van der Waals surface area contributed by atoms with Crippen LogP contribution in [0.15, 0.2) is 9.68 Å². The van der Waals surface area contributed by atoms with Crippen molar-refractivity contribution in [3.8, 4) is 0 Å². The van der Waals surface area contributed by atoms with Gasteiger partial charge in [-0.3, -0.25) is 0 Å². The second kappa shape index (κ2) is 2.85. The molecule has 0 saturated heterocycles. The van der Waals surface area contributed by atoms with E-state index in [9.17, 15) is 0 Å². The Hall–Kier alpha value is -0.510. The summed E-state index contributed by atoms with van der Waals surface area (Å²) in [7, 11) is 0. The number of thioether (sulfide) groups is 1. The minimum atomic E-state index is 0.559. The lowest BCUT2D eigenvalue weighted by atomic mass is 9.85. The van der Waals surface area contributed by atoms with Gasteiger partial charge in [-0.15, -0.1) is 0 Å². The van der Waals surface area contributed by atoms with Crippen LogP contribution in [0.25, 0.3) is 0 Å². The first-order chi connectivity index (χ1) is 5.40. The quantitative estimate of drug-likeness (QED) is 0.637. The highest BCUT2D eigenvalue weighted by molar-refractivity contribution is 7.98. The molecule has 1 aromatic rings. The van der Waals surface area contributed by atoms with Crippen molar-refractivity contribution in [1.82, 2.24) is 10.1 Å². The van der Waals surface area contributed by atoms with Crippen LogP contribution >= 0.6 is 11.8 Å². The molecule has 1 aliphatic rings. The number of nitrogens with zero attached hydrogens (tertiary/aromatic N) is 2. The van der Waals surface area contributed by atoms with Crippen molar-refractivity contribution in [1.29, 1.82) is 0 Å². The molecule has 0 aromatic carbocycles. The van der Waals surface area contributed by atoms with Gasteiger partial charge in [-0.25, -0.2) is 0 Å². The lowest BCUT2D eigenvalue weighted by Gasteiger charge is -2.20. The minimum Gasteiger partial charge on any atom is -0.338 e. The van der Waals surface area contributed by atoms with E-state index < -0.39 is 0 Å². The van der Waals surface area contributed by atoms with Crippen molar-refractivity contribution < 1.29 is 4.52 Å². The van der Waals surface area contributed by atoms with Gasteiger partial charge in [0.1, 0.15) is 0 Å². The summed E-state index contributed by atoms with van der Waals surface area (Å²) in [4.78, 5) is 4.24. The molecule has 1 saturated carbocycles. The summed E-state index contributed by atoms with van der Waals surface area (Å²) in [5, 5.41) is 4.57. The molecule has 3 nitrogen and oxygen atoms in total. The van der Waals surface area contributed by atoms with E-state index in [4.69, 9.17) is 4.52 Å². The average molecular weight is 170 g/mol. The maximum Gasteiger partial charge on any atom is 0.230 e. The fourth-order valence-corrected chi connectivity index (χ4v) is 1.42. The van der Waals surface area contributed by atoms with E-state index in [0.29, 0.717) is 5.92 Å². The molecular formula is C7H10N2OS. The van der Waals surface area contributed by atoms with Crippen LogP contribution in [-0.4, -0.2) is 16.4 Å². The number of aromatic nitrogens is 2. The molecule has 1 fully saturated rings. The Morgan fingerprint density at radius 2 is 2.36 bits per heavy atom. The summed E-state index contributed by atoms with van der Waals surface area (Å²) in [6, 6.07) is 0. The Bertz CT molecular complexity index is 244. The molecular weight excluding hydrogens is 160 g/mol. The van der Waals surface area contributed by atoms with Gasteiger partial charge in [-0.1, -0.05) is 23.3 Å². The van der Waals surface area contributed by atoms with Crippen LogP contribution in [0.4, 0.5) is 0 Å². The van der Waals surface area contributed by atoms with Crippen LogP contribution in [0.2, 0.25) is 0 Å². The zero-order valence-corrected chi connectivity index (χ0v) is 7.23. The van der Waals surface area contributed by atoms with Gasteiger partial charge in [0.15, 0.2) is 0 Å². The Balaban J connectivity index is 2.11. The SMILES string of the molecule is CSc1noc(C2CCC2)n1. The molecule has 1 aliphatic carbocycles. The Labute approximate surface area is 69.6 Å². The molecule has 0 N–H and O–H groups in total. The predicted octanol–water partition coefficient (Wildman–Crippen LogP) is 2.06. The average Bonchev–Trinajstić information content (AvgIpc) is 2.32. The van der Waals surface area contributed by atoms with Crippen LogP contribution in [0.5, 0.6) is 0 Å². The number of hydrogen-bond donors (Lipinski definition) is 0. The molecule has 0 aliphatic heterocycles. The van der Waals surface area contributed by atoms with Gasteiger partial charge in [-0.2, -0.15) is 4.98 Å². The predicted molar refractivity (Wildman–Crippen MR) is 42.7 cm³/mol. The molecule has 4 heteroatoms. The van der Waals surface area contributed by atoms with Gasteiger partial charge in [0.25, 0.3) is 0 Å². The van der Waals surface area contributed by atoms with Crippen molar-refractivity contribution in [2.45, 2.75) is 30.3 Å². The van der Waals surface area contributed by atoms with E-state index >= 15 is 0 Å². The van der Waals surface area contributed by atoms with Crippen LogP contribution in [-0.2, 0) is 0 Å². The van der Waals surface area contributed by atoms with Crippen LogP contribution in [0, 0.1) is 0 Å². The summed E-state index contributed by atoms with van der Waals surface area (Å²) < 4.78 is 5.08. The molecule has 2 rings (SSSR count). The van der Waals surface area contributed by atoms with Crippen LogP contribution < -0.4 is 0 Å². The number of hydrogen-bond acceptors (Lipinski definition) is 4. The van der Waals surface area contributed by atoms with Gasteiger partial charge in [0.2, 0.25) is 11.0 Å². The molecule has 0 unspecified atom stereocenters. The third-order valence-electron chi connectivity index (χ3n) is 2.06. The van der Waals surface area contributed by atoms with Crippen molar-refractivity contribution in [2.24, 2.45) is 0 Å². The van der Waals surface area contributed by atoms with Gasteiger partial charge in [0.05, 0.1) is 0 Å². The molecule has 60 valence electrons. The van der Waals surface area contributed by atoms with Crippen molar-refractivity contribution in [3.63, 3.8) is 0 Å². The van der Waals surface area contributed by atoms with E-state index in [0.717, 1.165) is 11.0 Å². The first-order valence-electron chi connectivity index (χ1n) is 3.78. The van der Waals surface area contributed by atoms with Crippen LogP contribution in [0.1, 0.15) is 31.1 Å². The normalized spacial score (nSPS) is 18.3. The largest absolute Gasteiger partial charge is 0.338 e. The molecule has 11 heavy (non-hydrogen) atoms. The zero-order chi connectivity index (χ0) is 7.68. The van der Waals surface area contributed by atoms with E-state index in [-0.39, 0.29) is 0 Å². The van der Waals surface area contributed by atoms with Gasteiger partial charge >= 0.3 is 0 Å². The molecule has 1 heterocycles. The fourth-order valence-electron chi connectivity index (χ4n) is 1.12. The minimum absolute atomic E-state index is 0.559. The van der Waals surface area contributed by atoms with Crippen LogP contribution in [0.3, 0.4) is 0 Å². The topological polar surface area (TPSA) is 38.9 Å². The second-order valence-corrected chi connectivity index (χ2v) is 3.52. The van der Waals surface area contributed by atoms with Gasteiger partial charge < -0.3 is 4.52 Å². The summed E-state index contributed by atoms with van der Waals surface area (Å²) in [5.74, 6) is 1.39. The smallest absolute Gasteiger partial charge is 0.230 e. The van der Waals surface area contributed by atoms with E-state index in [1.54, 1.807) is 0 Å². The second-order valence-electron chi connectivity index (χ2n) is 2.75. The summed E-state index contributed by atoms with van der Waals surface area (Å²) >= 11 is 1.53. The Morgan fingerprint density at radius 3 is 2.82 bits per heavy atom. The summed E-state index contributed by atoms with van der Waals surface area (Å²) in [6.45, 7) is 0. The molecule has 0 spiro atoms. The molecule has 0 radical (unpaired) electrons.